The second-order valence-electron chi connectivity index (χ2n) is 3.80. The van der Waals surface area contributed by atoms with Gasteiger partial charge in [0.1, 0.15) is 0 Å². The molecule has 8 heteroatoms. The molecule has 6 nitrogen and oxygen atoms in total. The lowest BCUT2D eigenvalue weighted by Crippen LogP contribution is -2.40. The first-order chi connectivity index (χ1) is 9.51. The molecule has 0 fully saturated rings. The van der Waals surface area contributed by atoms with Crippen molar-refractivity contribution in [1.82, 2.24) is 4.90 Å². The van der Waals surface area contributed by atoms with Crippen LogP contribution in [-0.4, -0.2) is 36.2 Å². The van der Waals surface area contributed by atoms with E-state index in [4.69, 9.17) is 28.9 Å². The van der Waals surface area contributed by atoms with Gasteiger partial charge in [-0.2, -0.15) is 0 Å². The SMILES string of the molecule is NCCCN(C=O)C(=O)C(=O)Nc1cccc(Cl)c1Cl. The molecule has 3 amide bonds. The summed E-state index contributed by atoms with van der Waals surface area (Å²) < 4.78 is 0. The van der Waals surface area contributed by atoms with Gasteiger partial charge in [0.25, 0.3) is 0 Å². The largest absolute Gasteiger partial charge is 0.330 e. The van der Waals surface area contributed by atoms with E-state index in [9.17, 15) is 14.4 Å². The van der Waals surface area contributed by atoms with Crippen LogP contribution in [0.3, 0.4) is 0 Å². The molecule has 3 N–H and O–H groups in total. The van der Waals surface area contributed by atoms with E-state index in [0.717, 1.165) is 4.90 Å². The van der Waals surface area contributed by atoms with Crippen LogP contribution in [0.1, 0.15) is 6.42 Å². The number of carbonyl (C=O) groups excluding carboxylic acids is 3. The molecular weight excluding hydrogens is 305 g/mol. The molecule has 0 aliphatic carbocycles. The van der Waals surface area contributed by atoms with E-state index in [1.807, 2.05) is 0 Å². The molecule has 0 bridgehead atoms. The average molecular weight is 318 g/mol. The Bertz CT molecular complexity index is 523. The summed E-state index contributed by atoms with van der Waals surface area (Å²) >= 11 is 11.7. The van der Waals surface area contributed by atoms with Crippen molar-refractivity contribution in [2.45, 2.75) is 6.42 Å². The number of nitrogens with zero attached hydrogens (tertiary/aromatic N) is 1. The highest BCUT2D eigenvalue weighted by Crippen LogP contribution is 2.29. The van der Waals surface area contributed by atoms with Crippen LogP contribution in [0.4, 0.5) is 5.69 Å². The third-order valence-corrected chi connectivity index (χ3v) is 3.20. The van der Waals surface area contributed by atoms with E-state index in [1.165, 1.54) is 6.07 Å². The maximum Gasteiger partial charge on any atom is 0.318 e. The summed E-state index contributed by atoms with van der Waals surface area (Å²) in [4.78, 5) is 35.0. The minimum atomic E-state index is -0.982. The zero-order valence-corrected chi connectivity index (χ0v) is 11.9. The first-order valence-electron chi connectivity index (χ1n) is 5.72. The minimum Gasteiger partial charge on any atom is -0.330 e. The fourth-order valence-corrected chi connectivity index (χ4v) is 1.72. The van der Waals surface area contributed by atoms with Gasteiger partial charge in [0, 0.05) is 6.54 Å². The van der Waals surface area contributed by atoms with Gasteiger partial charge in [-0.25, -0.2) is 0 Å². The zero-order valence-electron chi connectivity index (χ0n) is 10.4. The third-order valence-electron chi connectivity index (χ3n) is 2.39. The number of imide groups is 1. The molecule has 0 saturated carbocycles. The normalized spacial score (nSPS) is 9.95. The summed E-state index contributed by atoms with van der Waals surface area (Å²) in [6.07, 6.45) is 0.701. The second-order valence-corrected chi connectivity index (χ2v) is 4.59. The summed E-state index contributed by atoms with van der Waals surface area (Å²) in [5.74, 6) is -1.96. The molecule has 0 aliphatic rings. The van der Waals surface area contributed by atoms with Crippen molar-refractivity contribution in [3.8, 4) is 0 Å². The summed E-state index contributed by atoms with van der Waals surface area (Å²) in [7, 11) is 0. The van der Waals surface area contributed by atoms with Gasteiger partial charge in [0.15, 0.2) is 0 Å². The first kappa shape index (κ1) is 16.4. The van der Waals surface area contributed by atoms with Crippen molar-refractivity contribution in [1.29, 1.82) is 0 Å². The summed E-state index contributed by atoms with van der Waals surface area (Å²) in [5, 5.41) is 2.67. The van der Waals surface area contributed by atoms with Gasteiger partial charge >= 0.3 is 11.8 Å². The van der Waals surface area contributed by atoms with E-state index < -0.39 is 11.8 Å². The molecule has 0 aliphatic heterocycles. The van der Waals surface area contributed by atoms with E-state index in [1.54, 1.807) is 12.1 Å². The maximum absolute atomic E-state index is 11.7. The van der Waals surface area contributed by atoms with Crippen LogP contribution in [-0.2, 0) is 14.4 Å². The fourth-order valence-electron chi connectivity index (χ4n) is 1.37. The van der Waals surface area contributed by atoms with Gasteiger partial charge in [-0.3, -0.25) is 19.3 Å². The maximum atomic E-state index is 11.7. The van der Waals surface area contributed by atoms with Crippen LogP contribution in [0, 0.1) is 0 Å². The molecule has 1 rings (SSSR count). The van der Waals surface area contributed by atoms with Crippen LogP contribution < -0.4 is 11.1 Å². The molecular formula is C12H13Cl2N3O3. The van der Waals surface area contributed by atoms with Gasteiger partial charge < -0.3 is 11.1 Å². The Labute approximate surface area is 125 Å². The topological polar surface area (TPSA) is 92.5 Å². The highest BCUT2D eigenvalue weighted by Gasteiger charge is 2.22. The number of nitrogens with one attached hydrogen (secondary N) is 1. The van der Waals surface area contributed by atoms with Crippen LogP contribution in [0.5, 0.6) is 0 Å². The molecule has 1 aromatic rings. The lowest BCUT2D eigenvalue weighted by molar-refractivity contribution is -0.146. The van der Waals surface area contributed by atoms with Crippen molar-refractivity contribution in [2.75, 3.05) is 18.4 Å². The highest BCUT2D eigenvalue weighted by atomic mass is 35.5. The van der Waals surface area contributed by atoms with E-state index >= 15 is 0 Å². The van der Waals surface area contributed by atoms with Crippen molar-refractivity contribution < 1.29 is 14.4 Å². The van der Waals surface area contributed by atoms with Crippen LogP contribution in [0.15, 0.2) is 18.2 Å². The van der Waals surface area contributed by atoms with Gasteiger partial charge in [-0.15, -0.1) is 0 Å². The van der Waals surface area contributed by atoms with Crippen molar-refractivity contribution in [2.24, 2.45) is 5.73 Å². The van der Waals surface area contributed by atoms with E-state index in [-0.39, 0.29) is 28.7 Å². The summed E-state index contributed by atoms with van der Waals surface area (Å²) in [6, 6.07) is 4.60. The predicted molar refractivity (Wildman–Crippen MR) is 76.5 cm³/mol. The minimum absolute atomic E-state index is 0.0789. The number of nitrogens with two attached hydrogens (primary N) is 1. The Kier molecular flexibility index (Phi) is 6.44. The Morgan fingerprint density at radius 1 is 1.35 bits per heavy atom. The van der Waals surface area contributed by atoms with Gasteiger partial charge in [-0.1, -0.05) is 29.3 Å². The summed E-state index contributed by atoms with van der Waals surface area (Å²) in [6.45, 7) is 0.384. The predicted octanol–water partition coefficient (Wildman–Crippen LogP) is 1.27. The van der Waals surface area contributed by atoms with Crippen molar-refractivity contribution in [3.63, 3.8) is 0 Å². The fraction of sp³-hybridized carbons (Fsp3) is 0.250. The third kappa shape index (κ3) is 4.19. The number of anilines is 1. The molecule has 0 unspecified atom stereocenters. The van der Waals surface area contributed by atoms with Crippen LogP contribution in [0.2, 0.25) is 10.0 Å². The first-order valence-corrected chi connectivity index (χ1v) is 6.48. The Morgan fingerprint density at radius 3 is 2.65 bits per heavy atom. The number of amides is 3. The zero-order chi connectivity index (χ0) is 15.1. The quantitative estimate of drug-likeness (QED) is 0.631. The Hall–Kier alpha value is -1.63. The number of hydrogen-bond donors (Lipinski definition) is 2. The molecule has 0 radical (unpaired) electrons. The molecule has 108 valence electrons. The lowest BCUT2D eigenvalue weighted by Gasteiger charge is -2.15. The number of halogens is 2. The molecule has 0 saturated heterocycles. The molecule has 0 spiro atoms. The second kappa shape index (κ2) is 7.84. The summed E-state index contributed by atoms with van der Waals surface area (Å²) in [5.41, 5.74) is 5.48. The van der Waals surface area contributed by atoms with Crippen LogP contribution >= 0.6 is 23.2 Å². The van der Waals surface area contributed by atoms with Crippen molar-refractivity contribution >= 4 is 47.1 Å². The van der Waals surface area contributed by atoms with Gasteiger partial charge in [0.2, 0.25) is 6.41 Å². The standard InChI is InChI=1S/C12H13Cl2N3O3/c13-8-3-1-4-9(10(8)14)16-11(19)12(20)17(7-18)6-2-5-15/h1,3-4,7H,2,5-6,15H2,(H,16,19). The highest BCUT2D eigenvalue weighted by molar-refractivity contribution is 6.46. The molecule has 20 heavy (non-hydrogen) atoms. The number of benzene rings is 1. The Morgan fingerprint density at radius 2 is 2.05 bits per heavy atom. The number of hydrogen-bond acceptors (Lipinski definition) is 4. The van der Waals surface area contributed by atoms with Gasteiger partial charge in [-0.05, 0) is 25.1 Å². The van der Waals surface area contributed by atoms with Crippen LogP contribution in [0.25, 0.3) is 0 Å². The van der Waals surface area contributed by atoms with Crippen molar-refractivity contribution in [3.05, 3.63) is 28.2 Å². The van der Waals surface area contributed by atoms with Gasteiger partial charge in [0.05, 0.1) is 15.7 Å². The Balaban J connectivity index is 2.77. The molecule has 1 aromatic carbocycles. The molecule has 0 aromatic heterocycles. The smallest absolute Gasteiger partial charge is 0.318 e. The number of rotatable bonds is 5. The van der Waals surface area contributed by atoms with E-state index in [2.05, 4.69) is 5.32 Å². The van der Waals surface area contributed by atoms with E-state index in [0.29, 0.717) is 13.0 Å². The lowest BCUT2D eigenvalue weighted by atomic mass is 10.3. The number of carbonyl (C=O) groups is 3. The molecule has 0 heterocycles. The molecule has 0 atom stereocenters. The monoisotopic (exact) mass is 317 g/mol. The average Bonchev–Trinajstić information content (AvgIpc) is 2.44.